The number of hydrogen-bond acceptors (Lipinski definition) is 5. The molecule has 0 amide bonds. The zero-order valence-electron chi connectivity index (χ0n) is 19.3. The van der Waals surface area contributed by atoms with E-state index in [9.17, 15) is 18.0 Å². The first-order valence-electron chi connectivity index (χ1n) is 11.0. The van der Waals surface area contributed by atoms with Crippen molar-refractivity contribution in [2.75, 3.05) is 0 Å². The predicted octanol–water partition coefficient (Wildman–Crippen LogP) is 7.28. The van der Waals surface area contributed by atoms with E-state index in [-0.39, 0.29) is 5.92 Å². The number of thiazole rings is 1. The molecule has 0 aliphatic heterocycles. The van der Waals surface area contributed by atoms with Gasteiger partial charge in [-0.1, -0.05) is 31.1 Å². The molecule has 2 heterocycles. The van der Waals surface area contributed by atoms with Crippen molar-refractivity contribution in [3.05, 3.63) is 75.4 Å². The lowest BCUT2D eigenvalue weighted by atomic mass is 10.0. The van der Waals surface area contributed by atoms with Gasteiger partial charge in [-0.05, 0) is 67.2 Å². The average molecular weight is 501 g/mol. The zero-order valence-corrected chi connectivity index (χ0v) is 20.1. The van der Waals surface area contributed by atoms with Crippen LogP contribution in [0, 0.1) is 6.92 Å². The Hall–Kier alpha value is -3.46. The highest BCUT2D eigenvalue weighted by molar-refractivity contribution is 7.15. The number of halogens is 3. The second-order valence-electron chi connectivity index (χ2n) is 8.56. The van der Waals surface area contributed by atoms with Gasteiger partial charge < -0.3 is 9.63 Å². The summed E-state index contributed by atoms with van der Waals surface area (Å²) in [6.07, 6.45) is -0.509. The van der Waals surface area contributed by atoms with Crippen molar-refractivity contribution in [2.45, 2.75) is 45.7 Å². The van der Waals surface area contributed by atoms with E-state index in [4.69, 9.17) is 14.6 Å². The van der Waals surface area contributed by atoms with Crippen LogP contribution in [0.5, 0.6) is 0 Å². The molecule has 0 bridgehead atoms. The molecule has 2 aromatic carbocycles. The minimum Gasteiger partial charge on any atom is -0.478 e. The third-order valence-corrected chi connectivity index (χ3v) is 6.84. The Morgan fingerprint density at radius 3 is 2.51 bits per heavy atom. The largest absolute Gasteiger partial charge is 0.478 e. The molecule has 1 N–H and O–H groups in total. The lowest BCUT2D eigenvalue weighted by Gasteiger charge is -2.06. The Kier molecular flexibility index (Phi) is 6.80. The minimum absolute atomic E-state index is 0.157. The fraction of sp³-hybridized carbons (Fsp3) is 0.269. The highest BCUT2D eigenvalue weighted by Gasteiger charge is 2.30. The molecule has 5 nitrogen and oxygen atoms in total. The van der Waals surface area contributed by atoms with Crippen molar-refractivity contribution in [1.29, 1.82) is 0 Å². The predicted molar refractivity (Wildman–Crippen MR) is 129 cm³/mol. The van der Waals surface area contributed by atoms with E-state index >= 15 is 0 Å². The lowest BCUT2D eigenvalue weighted by Crippen LogP contribution is -2.03. The summed E-state index contributed by atoms with van der Waals surface area (Å²) in [6.45, 7) is 5.97. The molecule has 0 saturated carbocycles. The van der Waals surface area contributed by atoms with Gasteiger partial charge in [0.05, 0.1) is 17.0 Å². The van der Waals surface area contributed by atoms with Crippen LogP contribution in [0.25, 0.3) is 27.6 Å². The van der Waals surface area contributed by atoms with Crippen molar-refractivity contribution in [3.8, 4) is 10.6 Å². The Morgan fingerprint density at radius 2 is 1.89 bits per heavy atom. The van der Waals surface area contributed by atoms with Crippen molar-refractivity contribution in [3.63, 3.8) is 0 Å². The van der Waals surface area contributed by atoms with Crippen molar-refractivity contribution in [2.24, 2.45) is 0 Å². The molecule has 0 radical (unpaired) electrons. The fourth-order valence-electron chi connectivity index (χ4n) is 3.83. The molecule has 4 aromatic rings. The molecule has 0 aliphatic carbocycles. The molecule has 4 rings (SSSR count). The summed E-state index contributed by atoms with van der Waals surface area (Å²) in [5.41, 5.74) is 3.91. The van der Waals surface area contributed by atoms with Gasteiger partial charge in [0.1, 0.15) is 5.01 Å². The summed E-state index contributed by atoms with van der Waals surface area (Å²) in [7, 11) is 0. The summed E-state index contributed by atoms with van der Waals surface area (Å²) < 4.78 is 44.2. The number of fused-ring (bicyclic) bond motifs is 1. The van der Waals surface area contributed by atoms with Crippen molar-refractivity contribution >= 4 is 34.4 Å². The number of carboxylic acids is 1. The average Bonchev–Trinajstić information content (AvgIpc) is 3.39. The maximum Gasteiger partial charge on any atom is 0.416 e. The van der Waals surface area contributed by atoms with Gasteiger partial charge in [-0.15, -0.1) is 11.3 Å². The van der Waals surface area contributed by atoms with Gasteiger partial charge in [-0.2, -0.15) is 13.2 Å². The van der Waals surface area contributed by atoms with Gasteiger partial charge in [0.25, 0.3) is 0 Å². The van der Waals surface area contributed by atoms with E-state index in [2.05, 4.69) is 5.16 Å². The smallest absolute Gasteiger partial charge is 0.416 e. The van der Waals surface area contributed by atoms with Crippen LogP contribution in [0.3, 0.4) is 0 Å². The summed E-state index contributed by atoms with van der Waals surface area (Å²) in [6, 6.07) is 8.78. The molecular formula is C26H23F3N2O3S. The monoisotopic (exact) mass is 500 g/mol. The van der Waals surface area contributed by atoms with E-state index < -0.39 is 17.7 Å². The second-order valence-corrected chi connectivity index (χ2v) is 9.65. The number of aryl methyl sites for hydroxylation is 3. The molecule has 2 aromatic heterocycles. The summed E-state index contributed by atoms with van der Waals surface area (Å²) >= 11 is 1.48. The van der Waals surface area contributed by atoms with Gasteiger partial charge in [0, 0.05) is 21.9 Å². The second kappa shape index (κ2) is 9.65. The van der Waals surface area contributed by atoms with Gasteiger partial charge in [-0.25, -0.2) is 9.78 Å². The first kappa shape index (κ1) is 24.7. The van der Waals surface area contributed by atoms with E-state index in [0.717, 1.165) is 51.0 Å². The van der Waals surface area contributed by atoms with Crippen molar-refractivity contribution < 1.29 is 27.6 Å². The molecule has 0 fully saturated rings. The molecule has 35 heavy (non-hydrogen) atoms. The summed E-state index contributed by atoms with van der Waals surface area (Å²) in [5, 5.41) is 14.6. The van der Waals surface area contributed by atoms with Crippen LogP contribution in [-0.4, -0.2) is 21.2 Å². The standard InChI is InChI=1S/C26H23F3N2O3S/c1-14(2)24-22(35-25(30-24)16-4-7-18(8-5-16)26(27,28)29)10-9-20-19-12-15(3)17(6-11-23(32)33)13-21(19)34-31-20/h4-8,11-14H,9-10H2,1-3H3,(H,32,33). The first-order valence-corrected chi connectivity index (χ1v) is 11.8. The molecular weight excluding hydrogens is 477 g/mol. The Balaban J connectivity index is 1.58. The Bertz CT molecular complexity index is 1400. The lowest BCUT2D eigenvalue weighted by molar-refractivity contribution is -0.137. The number of carbonyl (C=O) groups is 1. The maximum atomic E-state index is 12.9. The van der Waals surface area contributed by atoms with E-state index in [0.29, 0.717) is 29.0 Å². The van der Waals surface area contributed by atoms with Crippen LogP contribution in [-0.2, 0) is 23.8 Å². The van der Waals surface area contributed by atoms with E-state index in [1.54, 1.807) is 6.07 Å². The highest BCUT2D eigenvalue weighted by Crippen LogP contribution is 2.35. The van der Waals surface area contributed by atoms with E-state index in [1.165, 1.54) is 29.5 Å². The Morgan fingerprint density at radius 1 is 1.17 bits per heavy atom. The third-order valence-electron chi connectivity index (χ3n) is 5.66. The summed E-state index contributed by atoms with van der Waals surface area (Å²) in [4.78, 5) is 16.6. The third kappa shape index (κ3) is 5.45. The quantitative estimate of drug-likeness (QED) is 0.270. The van der Waals surface area contributed by atoms with Crippen molar-refractivity contribution in [1.82, 2.24) is 10.1 Å². The first-order chi connectivity index (χ1) is 16.5. The Labute approximate surface area is 203 Å². The molecule has 9 heteroatoms. The van der Waals surface area contributed by atoms with E-state index in [1.807, 2.05) is 26.8 Å². The maximum absolute atomic E-state index is 12.9. The number of hydrogen-bond donors (Lipinski definition) is 1. The van der Waals surface area contributed by atoms with Crippen LogP contribution in [0.2, 0.25) is 0 Å². The number of alkyl halides is 3. The highest BCUT2D eigenvalue weighted by atomic mass is 32.1. The van der Waals surface area contributed by atoms with Crippen LogP contribution in [0.4, 0.5) is 13.2 Å². The molecule has 0 saturated heterocycles. The molecule has 182 valence electrons. The van der Waals surface area contributed by atoms with Crippen LogP contribution in [0.15, 0.2) is 47.0 Å². The number of rotatable bonds is 7. The SMILES string of the molecule is Cc1cc2c(CCc3sc(-c4ccc(C(F)(F)F)cc4)nc3C(C)C)noc2cc1C=CC(=O)O. The minimum atomic E-state index is -4.37. The normalized spacial score (nSPS) is 12.3. The van der Waals surface area contributed by atoms with Gasteiger partial charge >= 0.3 is 12.1 Å². The van der Waals surface area contributed by atoms with Gasteiger partial charge in [-0.3, -0.25) is 0 Å². The molecule has 0 atom stereocenters. The number of benzene rings is 2. The molecule has 0 aliphatic rings. The molecule has 0 spiro atoms. The van der Waals surface area contributed by atoms with Gasteiger partial charge in [0.2, 0.25) is 0 Å². The number of aromatic nitrogens is 2. The number of carboxylic acid groups (broad SMARTS) is 1. The number of nitrogens with zero attached hydrogens (tertiary/aromatic N) is 2. The zero-order chi connectivity index (χ0) is 25.3. The summed E-state index contributed by atoms with van der Waals surface area (Å²) in [5.74, 6) is -0.867. The van der Waals surface area contributed by atoms with Crippen LogP contribution < -0.4 is 0 Å². The fourth-order valence-corrected chi connectivity index (χ4v) is 5.05. The van der Waals surface area contributed by atoms with Crippen LogP contribution in [0.1, 0.15) is 52.7 Å². The number of aliphatic carboxylic acids is 1. The molecule has 0 unspecified atom stereocenters. The van der Waals surface area contributed by atoms with Crippen LogP contribution >= 0.6 is 11.3 Å². The topological polar surface area (TPSA) is 76.2 Å². The van der Waals surface area contributed by atoms with Gasteiger partial charge in [0.15, 0.2) is 5.58 Å².